The summed E-state index contributed by atoms with van der Waals surface area (Å²) in [6, 6.07) is 10.00. The fourth-order valence-corrected chi connectivity index (χ4v) is 5.46. The van der Waals surface area contributed by atoms with Crippen LogP contribution in [0.3, 0.4) is 0 Å². The number of nitrogens with two attached hydrogens (primary N) is 1. The summed E-state index contributed by atoms with van der Waals surface area (Å²) >= 11 is 0.632. The van der Waals surface area contributed by atoms with Gasteiger partial charge in [-0.05, 0) is 83.2 Å². The molecule has 5 N–H and O–H groups in total. The van der Waals surface area contributed by atoms with Crippen molar-refractivity contribution in [1.82, 2.24) is 14.9 Å². The quantitative estimate of drug-likeness (QED) is 0.134. The second-order valence-electron chi connectivity index (χ2n) is 12.4. The third kappa shape index (κ3) is 8.66. The van der Waals surface area contributed by atoms with Gasteiger partial charge >= 0.3 is 12.1 Å². The van der Waals surface area contributed by atoms with Crippen LogP contribution in [-0.4, -0.2) is 29.3 Å². The number of carbonyl (C=O) groups is 2. The number of piperidine rings is 1. The highest BCUT2D eigenvalue weighted by Crippen LogP contribution is 2.35. The molecule has 1 saturated heterocycles. The number of nitrogen functional groups attached to an aromatic ring is 1. The molecule has 0 saturated carbocycles. The van der Waals surface area contributed by atoms with Crippen LogP contribution in [0.1, 0.15) is 70.6 Å². The fourth-order valence-electron chi connectivity index (χ4n) is 4.82. The van der Waals surface area contributed by atoms with Gasteiger partial charge in [0, 0.05) is 24.7 Å². The molecule has 2 aliphatic rings. The number of nitrogens with one attached hydrogen (secondary N) is 3. The number of esters is 1. The van der Waals surface area contributed by atoms with Crippen molar-refractivity contribution in [3.05, 3.63) is 82.7 Å². The second-order valence-corrected chi connectivity index (χ2v) is 13.2. The highest BCUT2D eigenvalue weighted by molar-refractivity contribution is 8.12. The summed E-state index contributed by atoms with van der Waals surface area (Å²) in [4.78, 5) is 27.8. The monoisotopic (exact) mass is 647 g/mol. The van der Waals surface area contributed by atoms with Crippen LogP contribution in [0.5, 0.6) is 0 Å². The van der Waals surface area contributed by atoms with E-state index in [1.54, 1.807) is 39.8 Å². The van der Waals surface area contributed by atoms with Crippen molar-refractivity contribution < 1.29 is 32.2 Å². The molecule has 2 aliphatic heterocycles. The van der Waals surface area contributed by atoms with Gasteiger partial charge in [0.25, 0.3) is 5.24 Å². The number of benzene rings is 2. The molecule has 0 aromatic heterocycles. The normalized spacial score (nSPS) is 18.4. The number of allylic oxidation sites excluding steroid dienone is 2. The van der Waals surface area contributed by atoms with Crippen LogP contribution in [0.25, 0.3) is 0 Å². The average Bonchev–Trinajstić information content (AvgIpc) is 3.36. The number of carbonyl (C=O) groups excluding carboxylic acids is 2. The van der Waals surface area contributed by atoms with Crippen LogP contribution in [0.15, 0.2) is 66.0 Å². The summed E-state index contributed by atoms with van der Waals surface area (Å²) in [6.45, 7) is 9.36. The van der Waals surface area contributed by atoms with E-state index in [-0.39, 0.29) is 12.2 Å². The zero-order valence-corrected chi connectivity index (χ0v) is 26.9. The molecule has 244 valence electrons. The molecule has 13 heteroatoms. The molecule has 1 unspecified atom stereocenters. The third-order valence-corrected chi connectivity index (χ3v) is 8.20. The number of para-hydroxylation sites is 1. The lowest BCUT2D eigenvalue weighted by Crippen LogP contribution is -2.43. The third-order valence-electron chi connectivity index (χ3n) is 7.36. The molecule has 45 heavy (non-hydrogen) atoms. The Kier molecular flexibility index (Phi) is 10.3. The molecular weight excluding hydrogens is 607 g/mol. The minimum atomic E-state index is -4.58. The molecule has 0 spiro atoms. The van der Waals surface area contributed by atoms with Gasteiger partial charge in [-0.25, -0.2) is 4.72 Å². The molecule has 9 nitrogen and oxygen atoms in total. The van der Waals surface area contributed by atoms with Crippen molar-refractivity contribution in [3.63, 3.8) is 0 Å². The van der Waals surface area contributed by atoms with E-state index >= 15 is 0 Å². The standard InChI is InChI=1S/C32H40F3N5O4S/c1-20-17-40(27(44-20)25-14-6-7-15-37-25)18-21-10-8-13-24(36)26(21)38-29(42)45-39-31(5,19-43-28(41)30(2,3)4)22-11-9-12-23(16-22)32(33,34)35/h8-13,16-17,37,39H,6-7,14-15,18-19,36H2,1-5H3,(H,38,42)/b27-25-. The number of alkyl halides is 3. The fraction of sp³-hybridized carbons (Fsp3) is 0.438. The first-order chi connectivity index (χ1) is 21.1. The molecule has 4 rings (SSSR count). The van der Waals surface area contributed by atoms with E-state index in [1.807, 2.05) is 24.1 Å². The van der Waals surface area contributed by atoms with E-state index in [4.69, 9.17) is 15.2 Å². The minimum Gasteiger partial charge on any atom is -0.463 e. The lowest BCUT2D eigenvalue weighted by molar-refractivity contribution is -0.155. The first kappa shape index (κ1) is 34.0. The predicted octanol–water partition coefficient (Wildman–Crippen LogP) is 7.20. The number of hydrogen-bond donors (Lipinski definition) is 4. The molecule has 2 aromatic rings. The molecular formula is C32H40F3N5O4S. The van der Waals surface area contributed by atoms with E-state index in [0.717, 1.165) is 55.0 Å². The van der Waals surface area contributed by atoms with Gasteiger partial charge in [-0.15, -0.1) is 0 Å². The van der Waals surface area contributed by atoms with Crippen molar-refractivity contribution in [1.29, 1.82) is 0 Å². The zero-order valence-electron chi connectivity index (χ0n) is 26.1. The van der Waals surface area contributed by atoms with Crippen molar-refractivity contribution >= 4 is 34.5 Å². The van der Waals surface area contributed by atoms with Crippen LogP contribution >= 0.6 is 11.9 Å². The van der Waals surface area contributed by atoms with Gasteiger partial charge in [0.05, 0.1) is 40.1 Å². The van der Waals surface area contributed by atoms with Gasteiger partial charge in [-0.3, -0.25) is 9.59 Å². The van der Waals surface area contributed by atoms with E-state index < -0.39 is 33.9 Å². The Morgan fingerprint density at radius 3 is 2.47 bits per heavy atom. The SMILES string of the molecule is CC1=CN(Cc2cccc(N)c2NC(=O)SNC(C)(COC(=O)C(C)(C)C)c2cccc(C(F)(F)F)c2)/C(=C2\CCCCN2)O1. The van der Waals surface area contributed by atoms with Crippen molar-refractivity contribution in [2.45, 2.75) is 72.1 Å². The smallest absolute Gasteiger partial charge is 0.416 e. The number of halogens is 3. The van der Waals surface area contributed by atoms with Crippen molar-refractivity contribution in [2.75, 3.05) is 24.2 Å². The number of hydrogen-bond acceptors (Lipinski definition) is 9. The number of anilines is 2. The molecule has 1 fully saturated rings. The van der Waals surface area contributed by atoms with Crippen LogP contribution < -0.4 is 21.1 Å². The summed E-state index contributed by atoms with van der Waals surface area (Å²) in [6.07, 6.45) is 0.323. The number of nitrogens with zero attached hydrogens (tertiary/aromatic N) is 1. The molecule has 0 aliphatic carbocycles. The first-order valence-corrected chi connectivity index (χ1v) is 15.5. The van der Waals surface area contributed by atoms with Gasteiger partial charge in [-0.2, -0.15) is 13.2 Å². The van der Waals surface area contributed by atoms with Gasteiger partial charge in [0.2, 0.25) is 5.88 Å². The highest BCUT2D eigenvalue weighted by Gasteiger charge is 2.36. The van der Waals surface area contributed by atoms with Gasteiger partial charge in [-0.1, -0.05) is 24.3 Å². The summed E-state index contributed by atoms with van der Waals surface area (Å²) in [5.74, 6) is 0.913. The number of amides is 1. The van der Waals surface area contributed by atoms with Gasteiger partial charge in [0.1, 0.15) is 12.4 Å². The maximum Gasteiger partial charge on any atom is 0.416 e. The van der Waals surface area contributed by atoms with Crippen molar-refractivity contribution in [3.8, 4) is 0 Å². The number of ether oxygens (including phenoxy) is 2. The van der Waals surface area contributed by atoms with Crippen LogP contribution in [0.2, 0.25) is 0 Å². The van der Waals surface area contributed by atoms with E-state index in [1.165, 1.54) is 12.1 Å². The Bertz CT molecular complexity index is 1480. The Morgan fingerprint density at radius 1 is 1.09 bits per heavy atom. The average molecular weight is 648 g/mol. The summed E-state index contributed by atoms with van der Waals surface area (Å²) in [5, 5.41) is 5.69. The van der Waals surface area contributed by atoms with E-state index in [2.05, 4.69) is 15.4 Å². The zero-order chi connectivity index (χ0) is 33.0. The number of rotatable bonds is 8. The largest absolute Gasteiger partial charge is 0.463 e. The lowest BCUT2D eigenvalue weighted by atomic mass is 9.92. The maximum absolute atomic E-state index is 13.5. The first-order valence-electron chi connectivity index (χ1n) is 14.6. The maximum atomic E-state index is 13.5. The molecule has 1 atom stereocenters. The van der Waals surface area contributed by atoms with Crippen LogP contribution in [0.4, 0.5) is 29.3 Å². The summed E-state index contributed by atoms with van der Waals surface area (Å²) in [7, 11) is 0. The highest BCUT2D eigenvalue weighted by atomic mass is 32.2. The van der Waals surface area contributed by atoms with Crippen LogP contribution in [-0.2, 0) is 32.5 Å². The summed E-state index contributed by atoms with van der Waals surface area (Å²) < 4.78 is 55.1. The van der Waals surface area contributed by atoms with Gasteiger partial charge < -0.3 is 30.7 Å². The van der Waals surface area contributed by atoms with Gasteiger partial charge in [0.15, 0.2) is 0 Å². The predicted molar refractivity (Wildman–Crippen MR) is 169 cm³/mol. The Hall–Kier alpha value is -3.84. The minimum absolute atomic E-state index is 0.187. The molecule has 2 aromatic carbocycles. The Labute approximate surface area is 265 Å². The summed E-state index contributed by atoms with van der Waals surface area (Å²) in [5.41, 5.74) is 5.92. The molecule has 1 amide bonds. The second kappa shape index (κ2) is 13.7. The van der Waals surface area contributed by atoms with Crippen molar-refractivity contribution in [2.24, 2.45) is 5.41 Å². The molecule has 0 radical (unpaired) electrons. The Balaban J connectivity index is 1.53. The Morgan fingerprint density at radius 2 is 1.80 bits per heavy atom. The van der Waals surface area contributed by atoms with E-state index in [9.17, 15) is 22.8 Å². The molecule has 0 bridgehead atoms. The van der Waals surface area contributed by atoms with Crippen LogP contribution in [0, 0.1) is 5.41 Å². The molecule has 2 heterocycles. The lowest BCUT2D eigenvalue weighted by Gasteiger charge is -2.32. The van der Waals surface area contributed by atoms with E-state index in [0.29, 0.717) is 35.8 Å². The topological polar surface area (TPSA) is 118 Å².